The Morgan fingerprint density at radius 3 is 2.47 bits per heavy atom. The highest BCUT2D eigenvalue weighted by atomic mass is 16.6. The lowest BCUT2D eigenvalue weighted by atomic mass is 9.93. The predicted octanol–water partition coefficient (Wildman–Crippen LogP) is 6.39. The molecule has 0 spiro atoms. The van der Waals surface area contributed by atoms with E-state index in [1.807, 2.05) is 37.4 Å². The number of benzene rings is 2. The third-order valence-electron chi connectivity index (χ3n) is 8.78. The van der Waals surface area contributed by atoms with E-state index in [4.69, 9.17) is 4.74 Å². The van der Waals surface area contributed by atoms with E-state index in [0.29, 0.717) is 18.4 Å². The first-order valence-electron chi connectivity index (χ1n) is 14.1. The van der Waals surface area contributed by atoms with Crippen LogP contribution < -0.4 is 4.90 Å². The molecule has 2 aromatic rings. The van der Waals surface area contributed by atoms with E-state index in [1.54, 1.807) is 4.90 Å². The van der Waals surface area contributed by atoms with Crippen LogP contribution in [0.2, 0.25) is 0 Å². The fourth-order valence-electron chi connectivity index (χ4n) is 6.57. The summed E-state index contributed by atoms with van der Waals surface area (Å²) in [6, 6.07) is 17.9. The molecule has 0 bridgehead atoms. The minimum atomic E-state index is -0.243. The van der Waals surface area contributed by atoms with Gasteiger partial charge in [-0.15, -0.1) is 0 Å². The quantitative estimate of drug-likeness (QED) is 0.451. The van der Waals surface area contributed by atoms with Crippen molar-refractivity contribution in [1.29, 1.82) is 0 Å². The number of hydrogen-bond donors (Lipinski definition) is 0. The van der Waals surface area contributed by atoms with Crippen molar-refractivity contribution in [2.45, 2.75) is 76.4 Å². The van der Waals surface area contributed by atoms with Crippen LogP contribution in [0.3, 0.4) is 0 Å². The standard InChI is InChI=1S/C31H43N3O2/c1-24-21-26(15-16-32(2)31(35)36-23-25-9-5-3-6-10-25)29-14-13-28(22-30(24)29)34-19-17-33(18-20-34)27-11-7-4-8-12-27/h3,5-6,9-10,13-14,22,24,26-27H,4,7-8,11-12,15-21,23H2,1-2H3/t24-,26+/m0/s1. The van der Waals surface area contributed by atoms with Crippen molar-refractivity contribution >= 4 is 11.8 Å². The molecule has 1 amide bonds. The van der Waals surface area contributed by atoms with Gasteiger partial charge in [0.2, 0.25) is 0 Å². The molecule has 2 aliphatic carbocycles. The molecule has 0 unspecified atom stereocenters. The molecule has 1 heterocycles. The molecule has 36 heavy (non-hydrogen) atoms. The first kappa shape index (κ1) is 25.1. The highest BCUT2D eigenvalue weighted by Crippen LogP contribution is 2.44. The monoisotopic (exact) mass is 489 g/mol. The molecule has 0 N–H and O–H groups in total. The summed E-state index contributed by atoms with van der Waals surface area (Å²) < 4.78 is 5.50. The SMILES string of the molecule is C[C@H]1C[C@@H](CCN(C)C(=O)OCc2ccccc2)c2ccc(N3CCN(C4CCCCC4)CC3)cc21. The molecule has 2 aromatic carbocycles. The van der Waals surface area contributed by atoms with Gasteiger partial charge in [0.25, 0.3) is 0 Å². The van der Waals surface area contributed by atoms with Gasteiger partial charge in [-0.1, -0.05) is 62.6 Å². The molecule has 3 aliphatic rings. The Labute approximate surface area is 217 Å². The number of carbonyl (C=O) groups is 1. The number of carbonyl (C=O) groups excluding carboxylic acids is 1. The van der Waals surface area contributed by atoms with Gasteiger partial charge >= 0.3 is 6.09 Å². The minimum absolute atomic E-state index is 0.243. The molecule has 1 saturated heterocycles. The predicted molar refractivity (Wildman–Crippen MR) is 147 cm³/mol. The van der Waals surface area contributed by atoms with Crippen molar-refractivity contribution in [3.63, 3.8) is 0 Å². The summed E-state index contributed by atoms with van der Waals surface area (Å²) in [6.45, 7) is 8.09. The Morgan fingerprint density at radius 1 is 0.972 bits per heavy atom. The van der Waals surface area contributed by atoms with Gasteiger partial charge < -0.3 is 14.5 Å². The molecule has 1 saturated carbocycles. The third-order valence-corrected chi connectivity index (χ3v) is 8.78. The number of piperazine rings is 1. The lowest BCUT2D eigenvalue weighted by Crippen LogP contribution is -2.50. The van der Waals surface area contributed by atoms with E-state index in [-0.39, 0.29) is 6.09 Å². The van der Waals surface area contributed by atoms with Crippen LogP contribution in [0.15, 0.2) is 48.5 Å². The van der Waals surface area contributed by atoms with Crippen molar-refractivity contribution in [3.8, 4) is 0 Å². The van der Waals surface area contributed by atoms with Gasteiger partial charge in [-0.3, -0.25) is 4.90 Å². The van der Waals surface area contributed by atoms with Crippen LogP contribution in [-0.4, -0.2) is 61.7 Å². The number of ether oxygens (including phenoxy) is 1. The molecule has 2 fully saturated rings. The number of hydrogen-bond acceptors (Lipinski definition) is 4. The molecule has 0 radical (unpaired) electrons. The van der Waals surface area contributed by atoms with Gasteiger partial charge in [0.15, 0.2) is 0 Å². The Kier molecular flexibility index (Phi) is 8.15. The zero-order chi connectivity index (χ0) is 24.9. The van der Waals surface area contributed by atoms with Crippen molar-refractivity contribution in [3.05, 3.63) is 65.2 Å². The molecular weight excluding hydrogens is 446 g/mol. The first-order valence-corrected chi connectivity index (χ1v) is 14.1. The maximum Gasteiger partial charge on any atom is 0.409 e. The van der Waals surface area contributed by atoms with Gasteiger partial charge in [0.05, 0.1) is 0 Å². The second-order valence-corrected chi connectivity index (χ2v) is 11.2. The van der Waals surface area contributed by atoms with Crippen molar-refractivity contribution in [1.82, 2.24) is 9.80 Å². The zero-order valence-corrected chi connectivity index (χ0v) is 22.2. The Balaban J connectivity index is 1.12. The van der Waals surface area contributed by atoms with E-state index in [9.17, 15) is 4.79 Å². The van der Waals surface area contributed by atoms with Crippen LogP contribution in [0.5, 0.6) is 0 Å². The average Bonchev–Trinajstić information content (AvgIpc) is 3.26. The van der Waals surface area contributed by atoms with E-state index in [0.717, 1.165) is 37.7 Å². The normalized spacial score (nSPS) is 22.9. The summed E-state index contributed by atoms with van der Waals surface area (Å²) in [4.78, 5) is 19.5. The first-order chi connectivity index (χ1) is 17.6. The fraction of sp³-hybridized carbons (Fsp3) is 0.581. The fourth-order valence-corrected chi connectivity index (χ4v) is 6.57. The Hall–Kier alpha value is -2.53. The average molecular weight is 490 g/mol. The van der Waals surface area contributed by atoms with Crippen molar-refractivity contribution in [2.75, 3.05) is 44.7 Å². The summed E-state index contributed by atoms with van der Waals surface area (Å²) in [5.74, 6) is 1.08. The molecule has 194 valence electrons. The number of nitrogens with zero attached hydrogens (tertiary/aromatic N) is 3. The highest BCUT2D eigenvalue weighted by Gasteiger charge is 2.30. The molecule has 2 atom stereocenters. The largest absolute Gasteiger partial charge is 0.445 e. The van der Waals surface area contributed by atoms with Gasteiger partial charge in [-0.2, -0.15) is 0 Å². The number of fused-ring (bicyclic) bond motifs is 1. The molecule has 5 rings (SSSR count). The van der Waals surface area contributed by atoms with Crippen LogP contribution in [0.4, 0.5) is 10.5 Å². The van der Waals surface area contributed by atoms with Crippen LogP contribution in [0.1, 0.15) is 80.4 Å². The summed E-state index contributed by atoms with van der Waals surface area (Å²) in [5.41, 5.74) is 5.41. The van der Waals surface area contributed by atoms with Gasteiger partial charge in [0, 0.05) is 51.5 Å². The molecular formula is C31H43N3O2. The lowest BCUT2D eigenvalue weighted by molar-refractivity contribution is 0.104. The smallest absolute Gasteiger partial charge is 0.409 e. The summed E-state index contributed by atoms with van der Waals surface area (Å²) in [5, 5.41) is 0. The molecule has 5 nitrogen and oxygen atoms in total. The van der Waals surface area contributed by atoms with Gasteiger partial charge in [-0.05, 0) is 66.3 Å². The summed E-state index contributed by atoms with van der Waals surface area (Å²) in [6.07, 6.45) is 8.97. The van der Waals surface area contributed by atoms with E-state index in [1.165, 1.54) is 68.4 Å². The Bertz CT molecular complexity index is 996. The molecule has 0 aromatic heterocycles. The van der Waals surface area contributed by atoms with Crippen molar-refractivity contribution in [2.24, 2.45) is 0 Å². The van der Waals surface area contributed by atoms with E-state index in [2.05, 4.69) is 34.9 Å². The number of anilines is 1. The van der Waals surface area contributed by atoms with Crippen LogP contribution >= 0.6 is 0 Å². The maximum atomic E-state index is 12.5. The van der Waals surface area contributed by atoms with Gasteiger partial charge in [-0.25, -0.2) is 4.79 Å². The topological polar surface area (TPSA) is 36.0 Å². The van der Waals surface area contributed by atoms with Crippen LogP contribution in [-0.2, 0) is 11.3 Å². The van der Waals surface area contributed by atoms with Crippen LogP contribution in [0.25, 0.3) is 0 Å². The van der Waals surface area contributed by atoms with E-state index < -0.39 is 0 Å². The summed E-state index contributed by atoms with van der Waals surface area (Å²) in [7, 11) is 1.85. The zero-order valence-electron chi connectivity index (χ0n) is 22.2. The van der Waals surface area contributed by atoms with E-state index >= 15 is 0 Å². The second kappa shape index (κ2) is 11.7. The molecule has 5 heteroatoms. The van der Waals surface area contributed by atoms with Gasteiger partial charge in [0.1, 0.15) is 6.61 Å². The second-order valence-electron chi connectivity index (χ2n) is 11.2. The Morgan fingerprint density at radius 2 is 1.72 bits per heavy atom. The van der Waals surface area contributed by atoms with Crippen molar-refractivity contribution < 1.29 is 9.53 Å². The number of rotatable bonds is 7. The third kappa shape index (κ3) is 5.88. The number of amides is 1. The summed E-state index contributed by atoms with van der Waals surface area (Å²) >= 11 is 0. The molecule has 1 aliphatic heterocycles. The minimum Gasteiger partial charge on any atom is -0.445 e. The maximum absolute atomic E-state index is 12.5. The highest BCUT2D eigenvalue weighted by molar-refractivity contribution is 5.67. The lowest BCUT2D eigenvalue weighted by Gasteiger charge is -2.41. The van der Waals surface area contributed by atoms with Crippen LogP contribution in [0, 0.1) is 0 Å².